The van der Waals surface area contributed by atoms with Crippen molar-refractivity contribution in [2.45, 2.75) is 120 Å². The minimum absolute atomic E-state index is 0.0626. The molecule has 0 amide bonds. The van der Waals surface area contributed by atoms with Crippen LogP contribution in [0.5, 0.6) is 0 Å². The number of cyclic esters (lactones) is 1. The van der Waals surface area contributed by atoms with Gasteiger partial charge in [0.05, 0.1) is 29.4 Å². The maximum absolute atomic E-state index is 14.4. The number of pyridine rings is 1. The molecule has 59 heavy (non-hydrogen) atoms. The minimum atomic E-state index is -2.95. The first-order valence-corrected chi connectivity index (χ1v) is 18.5. The quantitative estimate of drug-likeness (QED) is 0.252. The van der Waals surface area contributed by atoms with Crippen LogP contribution in [0.4, 0.5) is 0 Å². The summed E-state index contributed by atoms with van der Waals surface area (Å²) in [5, 5.41) is 38.1. The number of hydrogen-bond donors (Lipinski definition) is 3. The highest BCUT2D eigenvalue weighted by Crippen LogP contribution is 2.69. The summed E-state index contributed by atoms with van der Waals surface area (Å²) in [5.74, 6) is -10.9. The summed E-state index contributed by atoms with van der Waals surface area (Å²) in [4.78, 5) is 98.6. The molecule has 3 N–H and O–H groups in total. The SMILES string of the molecule is CC(=O)O[C@@H]1[C@@H]2[C@H](O)[C@@]34O[C@@]2(C)COC(=O)c2cnccc2[C@H](C)[C@](C)(O)C(=O)O[C@@H]([C@H](OC(C)=O)[C@H](OC(C)=O)[C@@]3(COC(=O)c2ccoc2)[C@@H]1OC(C)=O)[C@]4(C)O. The Bertz CT molecular complexity index is 2050. The van der Waals surface area contributed by atoms with Crippen LogP contribution < -0.4 is 0 Å². The van der Waals surface area contributed by atoms with E-state index in [0.29, 0.717) is 0 Å². The third-order valence-electron chi connectivity index (χ3n) is 12.0. The summed E-state index contributed by atoms with van der Waals surface area (Å²) in [6.07, 6.45) is -8.21. The number of hydrogen-bond acceptors (Lipinski definition) is 20. The van der Waals surface area contributed by atoms with E-state index in [4.69, 9.17) is 42.3 Å². The van der Waals surface area contributed by atoms with Crippen LogP contribution in [-0.4, -0.2) is 134 Å². The van der Waals surface area contributed by atoms with Crippen molar-refractivity contribution in [1.82, 2.24) is 4.98 Å². The summed E-state index contributed by atoms with van der Waals surface area (Å²) in [7, 11) is 0. The predicted octanol–water partition coefficient (Wildman–Crippen LogP) is 0.465. The van der Waals surface area contributed by atoms with Gasteiger partial charge in [-0.05, 0) is 38.5 Å². The van der Waals surface area contributed by atoms with Crippen LogP contribution in [-0.2, 0) is 61.9 Å². The molecule has 3 fully saturated rings. The molecule has 20 heteroatoms. The number of nitrogens with zero attached hydrogens (tertiary/aromatic N) is 1. The van der Waals surface area contributed by atoms with E-state index in [2.05, 4.69) is 4.98 Å². The third-order valence-corrected chi connectivity index (χ3v) is 12.0. The van der Waals surface area contributed by atoms with Crippen LogP contribution in [0.25, 0.3) is 0 Å². The Hall–Kier alpha value is -5.44. The van der Waals surface area contributed by atoms with E-state index in [-0.39, 0.29) is 16.7 Å². The highest BCUT2D eigenvalue weighted by molar-refractivity contribution is 5.92. The van der Waals surface area contributed by atoms with Gasteiger partial charge in [0, 0.05) is 46.0 Å². The maximum atomic E-state index is 14.4. The van der Waals surface area contributed by atoms with Crippen LogP contribution in [0, 0.1) is 11.3 Å². The summed E-state index contributed by atoms with van der Waals surface area (Å²) in [5.41, 5.74) is -13.5. The third kappa shape index (κ3) is 6.61. The number of fused-ring (bicyclic) bond motifs is 5. The standard InChI is InChI=1S/C39H45NO19/c1-17-23-9-11-40-13-24(23)33(47)52-15-35(6)25-26(54-18(2)41)30(56-20(4)43)38(16-53-32(46)22-10-12-51-14-22)31(57-21(5)44)27(55-19(3)42)29(58-34(48)36(17,7)49)37(8,50)39(38,59-35)28(25)45/h9-14,17,25-31,45,49-50H,15-16H2,1-8H3/t17-,25+,26+,27-,28-,29-,30+,31-,35-,36-,37-,38+,39-/m0/s1. The molecule has 4 bridgehead atoms. The second kappa shape index (κ2) is 15.0. The molecule has 0 radical (unpaired) electrons. The van der Waals surface area contributed by atoms with Gasteiger partial charge in [-0.2, -0.15) is 0 Å². The Morgan fingerprint density at radius 3 is 2.05 bits per heavy atom. The fourth-order valence-electron chi connectivity index (χ4n) is 9.43. The maximum Gasteiger partial charge on any atom is 0.341 e. The number of rotatable bonds is 7. The number of carbonyl (C=O) groups excluding carboxylic acids is 7. The van der Waals surface area contributed by atoms with Crippen molar-refractivity contribution in [3.05, 3.63) is 53.7 Å². The lowest BCUT2D eigenvalue weighted by Crippen LogP contribution is -2.89. The molecular formula is C39H45NO19. The van der Waals surface area contributed by atoms with E-state index in [1.807, 2.05) is 0 Å². The summed E-state index contributed by atoms with van der Waals surface area (Å²) in [6.45, 7) is 6.58. The summed E-state index contributed by atoms with van der Waals surface area (Å²) >= 11 is 0. The summed E-state index contributed by atoms with van der Waals surface area (Å²) in [6, 6.07) is 2.58. The van der Waals surface area contributed by atoms with Gasteiger partial charge in [-0.15, -0.1) is 0 Å². The van der Waals surface area contributed by atoms with Crippen LogP contribution in [0.3, 0.4) is 0 Å². The van der Waals surface area contributed by atoms with E-state index < -0.39 is 131 Å². The first-order valence-electron chi connectivity index (χ1n) is 18.5. The van der Waals surface area contributed by atoms with Gasteiger partial charge in [-0.1, -0.05) is 6.92 Å². The van der Waals surface area contributed by atoms with Gasteiger partial charge in [0.25, 0.3) is 0 Å². The fraction of sp³-hybridized carbons (Fsp3) is 0.590. The lowest BCUT2D eigenvalue weighted by molar-refractivity contribution is -0.386. The van der Waals surface area contributed by atoms with E-state index in [1.54, 1.807) is 0 Å². The Morgan fingerprint density at radius 2 is 1.47 bits per heavy atom. The van der Waals surface area contributed by atoms with E-state index in [1.165, 1.54) is 32.2 Å². The lowest BCUT2D eigenvalue weighted by Gasteiger charge is -2.67. The number of ether oxygens (including phenoxy) is 8. The Balaban J connectivity index is 1.75. The molecule has 13 atom stereocenters. The van der Waals surface area contributed by atoms with E-state index >= 15 is 0 Å². The van der Waals surface area contributed by atoms with E-state index in [0.717, 1.165) is 60.3 Å². The number of aromatic nitrogens is 1. The zero-order chi connectivity index (χ0) is 43.6. The molecule has 0 unspecified atom stereocenters. The van der Waals surface area contributed by atoms with Crippen molar-refractivity contribution >= 4 is 41.8 Å². The molecule has 320 valence electrons. The van der Waals surface area contributed by atoms with Gasteiger partial charge >= 0.3 is 41.8 Å². The molecule has 4 heterocycles. The molecule has 2 aliphatic heterocycles. The molecule has 4 aliphatic rings. The molecule has 2 aliphatic carbocycles. The smallest absolute Gasteiger partial charge is 0.341 e. The Labute approximate surface area is 336 Å². The number of esters is 7. The number of carbonyl (C=O) groups is 7. The molecule has 6 rings (SSSR count). The first-order chi connectivity index (χ1) is 27.5. The second-order valence-corrected chi connectivity index (χ2v) is 15.8. The van der Waals surface area contributed by atoms with Crippen molar-refractivity contribution in [2.24, 2.45) is 11.3 Å². The zero-order valence-corrected chi connectivity index (χ0v) is 33.3. The normalized spacial score (nSPS) is 38.7. The monoisotopic (exact) mass is 831 g/mol. The average molecular weight is 832 g/mol. The number of aliphatic hydroxyl groups is 3. The predicted molar refractivity (Wildman–Crippen MR) is 189 cm³/mol. The largest absolute Gasteiger partial charge is 0.472 e. The van der Waals surface area contributed by atoms with Gasteiger partial charge in [0.15, 0.2) is 30.0 Å². The van der Waals surface area contributed by atoms with Crippen LogP contribution >= 0.6 is 0 Å². The van der Waals surface area contributed by atoms with Gasteiger partial charge in [-0.25, -0.2) is 14.4 Å². The molecule has 1 spiro atoms. The van der Waals surface area contributed by atoms with Crippen LogP contribution in [0.15, 0.2) is 41.5 Å². The van der Waals surface area contributed by atoms with Gasteiger partial charge in [0.1, 0.15) is 47.8 Å². The van der Waals surface area contributed by atoms with Gasteiger partial charge < -0.3 is 57.6 Å². The minimum Gasteiger partial charge on any atom is -0.472 e. The van der Waals surface area contributed by atoms with Crippen molar-refractivity contribution in [2.75, 3.05) is 13.2 Å². The Morgan fingerprint density at radius 1 is 0.881 bits per heavy atom. The number of furan rings is 1. The molecule has 20 nitrogen and oxygen atoms in total. The topological polar surface area (TPSA) is 280 Å². The van der Waals surface area contributed by atoms with Crippen molar-refractivity contribution in [3.63, 3.8) is 0 Å². The second-order valence-electron chi connectivity index (χ2n) is 15.8. The number of aliphatic hydroxyl groups excluding tert-OH is 1. The highest BCUT2D eigenvalue weighted by Gasteiger charge is 2.91. The molecular weight excluding hydrogens is 786 g/mol. The summed E-state index contributed by atoms with van der Waals surface area (Å²) < 4.78 is 52.9. The Kier molecular flexibility index (Phi) is 11.0. The molecule has 1 saturated heterocycles. The van der Waals surface area contributed by atoms with Crippen molar-refractivity contribution < 1.29 is 91.2 Å². The van der Waals surface area contributed by atoms with Crippen LogP contribution in [0.2, 0.25) is 0 Å². The molecule has 0 aromatic carbocycles. The van der Waals surface area contributed by atoms with Gasteiger partial charge in [-0.3, -0.25) is 24.2 Å². The molecule has 2 saturated carbocycles. The molecule has 2 aromatic heterocycles. The fourth-order valence-corrected chi connectivity index (χ4v) is 9.43. The lowest BCUT2D eigenvalue weighted by atomic mass is 9.45. The van der Waals surface area contributed by atoms with Crippen LogP contribution in [0.1, 0.15) is 87.6 Å². The first kappa shape index (κ1) is 43.1. The average Bonchev–Trinajstić information content (AvgIpc) is 3.75. The van der Waals surface area contributed by atoms with Crippen molar-refractivity contribution in [1.29, 1.82) is 0 Å². The molecule has 2 aromatic rings. The van der Waals surface area contributed by atoms with Gasteiger partial charge in [0.2, 0.25) is 0 Å². The van der Waals surface area contributed by atoms with Crippen molar-refractivity contribution in [3.8, 4) is 0 Å². The van der Waals surface area contributed by atoms with E-state index in [9.17, 15) is 48.9 Å². The zero-order valence-electron chi connectivity index (χ0n) is 33.3. The highest BCUT2D eigenvalue weighted by atomic mass is 16.7.